The van der Waals surface area contributed by atoms with Crippen molar-refractivity contribution in [3.05, 3.63) is 57.9 Å². The smallest absolute Gasteiger partial charge is 0.296 e. The Morgan fingerprint density at radius 2 is 1.74 bits per heavy atom. The van der Waals surface area contributed by atoms with E-state index in [1.807, 2.05) is 0 Å². The number of rotatable bonds is 3. The minimum absolute atomic E-state index is 0.0198. The van der Waals surface area contributed by atoms with Gasteiger partial charge in [0.1, 0.15) is 24.7 Å². The molecule has 0 fully saturated rings. The molecule has 0 saturated carbocycles. The van der Waals surface area contributed by atoms with Gasteiger partial charge in [-0.2, -0.15) is 0 Å². The number of halogens is 1. The summed E-state index contributed by atoms with van der Waals surface area (Å²) in [5.74, 6) is -0.504. The van der Waals surface area contributed by atoms with Gasteiger partial charge in [-0.1, -0.05) is 0 Å². The highest BCUT2D eigenvalue weighted by Gasteiger charge is 2.23. The molecule has 0 radical (unpaired) electrons. The lowest BCUT2D eigenvalue weighted by Crippen LogP contribution is -2.17. The van der Waals surface area contributed by atoms with Crippen LogP contribution in [0.2, 0.25) is 0 Å². The Bertz CT molecular complexity index is 776. The molecule has 1 heterocycles. The fraction of sp³-hybridized carbons (Fsp3) is 0.133. The molecular weight excluding hydrogens is 307 g/mol. The number of nitro groups is 1. The average Bonchev–Trinajstić information content (AvgIpc) is 2.54. The monoisotopic (exact) mass is 318 g/mol. The van der Waals surface area contributed by atoms with E-state index in [0.29, 0.717) is 19.0 Å². The predicted octanol–water partition coefficient (Wildman–Crippen LogP) is 2.76. The third-order valence-corrected chi connectivity index (χ3v) is 3.21. The molecule has 2 aromatic rings. The number of ether oxygens (including phenoxy) is 2. The highest BCUT2D eigenvalue weighted by molar-refractivity contribution is 6.05. The standard InChI is InChI=1S/C15H11FN2O5/c16-10-3-1-9(2-4-10)15(19)17-11-7-13-14(23-6-5-22-13)8-12(11)18(20)21/h1-4,7-8H,5-6H2,(H,17,19). The number of hydrogen-bond acceptors (Lipinski definition) is 5. The summed E-state index contributed by atoms with van der Waals surface area (Å²) < 4.78 is 23.5. The minimum Gasteiger partial charge on any atom is -0.486 e. The number of nitrogens with one attached hydrogen (secondary N) is 1. The number of amides is 1. The van der Waals surface area contributed by atoms with Crippen molar-refractivity contribution in [1.29, 1.82) is 0 Å². The van der Waals surface area contributed by atoms with Crippen molar-refractivity contribution in [3.8, 4) is 11.5 Å². The fourth-order valence-electron chi connectivity index (χ4n) is 2.12. The molecule has 7 nitrogen and oxygen atoms in total. The van der Waals surface area contributed by atoms with E-state index in [0.717, 1.165) is 12.1 Å². The van der Waals surface area contributed by atoms with E-state index in [2.05, 4.69) is 5.32 Å². The number of nitrogens with zero attached hydrogens (tertiary/aromatic N) is 1. The average molecular weight is 318 g/mol. The molecule has 1 aliphatic rings. The van der Waals surface area contributed by atoms with Gasteiger partial charge < -0.3 is 14.8 Å². The molecule has 8 heteroatoms. The number of benzene rings is 2. The van der Waals surface area contributed by atoms with Gasteiger partial charge in [0.2, 0.25) is 0 Å². The van der Waals surface area contributed by atoms with Gasteiger partial charge in [-0.15, -0.1) is 0 Å². The summed E-state index contributed by atoms with van der Waals surface area (Å²) >= 11 is 0. The molecule has 0 aliphatic carbocycles. The lowest BCUT2D eigenvalue weighted by atomic mass is 10.2. The lowest BCUT2D eigenvalue weighted by molar-refractivity contribution is -0.384. The number of nitro benzene ring substituents is 1. The number of fused-ring (bicyclic) bond motifs is 1. The molecule has 0 aromatic heterocycles. The van der Waals surface area contributed by atoms with Crippen LogP contribution in [0.5, 0.6) is 11.5 Å². The van der Waals surface area contributed by atoms with E-state index in [-0.39, 0.29) is 22.7 Å². The van der Waals surface area contributed by atoms with Crippen LogP contribution < -0.4 is 14.8 Å². The first-order chi connectivity index (χ1) is 11.0. The van der Waals surface area contributed by atoms with Crippen LogP contribution in [0.4, 0.5) is 15.8 Å². The second-order valence-electron chi connectivity index (χ2n) is 4.73. The molecule has 1 N–H and O–H groups in total. The maximum atomic E-state index is 12.9. The Morgan fingerprint density at radius 3 is 2.35 bits per heavy atom. The molecule has 0 saturated heterocycles. The number of carbonyl (C=O) groups excluding carboxylic acids is 1. The van der Waals surface area contributed by atoms with Crippen LogP contribution in [-0.2, 0) is 0 Å². The van der Waals surface area contributed by atoms with Crippen molar-refractivity contribution in [3.63, 3.8) is 0 Å². The zero-order valence-electron chi connectivity index (χ0n) is 11.7. The van der Waals surface area contributed by atoms with Gasteiger partial charge in [-0.3, -0.25) is 14.9 Å². The molecule has 0 unspecified atom stereocenters. The summed E-state index contributed by atoms with van der Waals surface area (Å²) in [5, 5.41) is 13.6. The van der Waals surface area contributed by atoms with Crippen LogP contribution >= 0.6 is 0 Å². The molecule has 0 spiro atoms. The van der Waals surface area contributed by atoms with Crippen molar-refractivity contribution < 1.29 is 23.6 Å². The number of carbonyl (C=O) groups is 1. The third kappa shape index (κ3) is 3.05. The number of hydrogen-bond donors (Lipinski definition) is 1. The Kier molecular flexibility index (Phi) is 3.80. The highest BCUT2D eigenvalue weighted by Crippen LogP contribution is 2.39. The van der Waals surface area contributed by atoms with Gasteiger partial charge in [0.15, 0.2) is 11.5 Å². The Labute approximate surface area is 129 Å². The van der Waals surface area contributed by atoms with Gasteiger partial charge in [-0.05, 0) is 24.3 Å². The Balaban J connectivity index is 1.93. The van der Waals surface area contributed by atoms with Crippen LogP contribution in [0.25, 0.3) is 0 Å². The third-order valence-electron chi connectivity index (χ3n) is 3.21. The van der Waals surface area contributed by atoms with Gasteiger partial charge in [0.25, 0.3) is 11.6 Å². The second-order valence-corrected chi connectivity index (χ2v) is 4.73. The molecule has 1 aliphatic heterocycles. The highest BCUT2D eigenvalue weighted by atomic mass is 19.1. The molecule has 0 bridgehead atoms. The first-order valence-corrected chi connectivity index (χ1v) is 6.69. The van der Waals surface area contributed by atoms with E-state index < -0.39 is 16.6 Å². The lowest BCUT2D eigenvalue weighted by Gasteiger charge is -2.19. The topological polar surface area (TPSA) is 90.7 Å². The van der Waals surface area contributed by atoms with Crippen molar-refractivity contribution >= 4 is 17.3 Å². The fourth-order valence-corrected chi connectivity index (χ4v) is 2.12. The van der Waals surface area contributed by atoms with Crippen LogP contribution in [0.1, 0.15) is 10.4 Å². The second kappa shape index (κ2) is 5.91. The summed E-state index contributed by atoms with van der Waals surface area (Å²) in [6.45, 7) is 0.613. The summed E-state index contributed by atoms with van der Waals surface area (Å²) in [5.41, 5.74) is -0.158. The summed E-state index contributed by atoms with van der Waals surface area (Å²) in [6, 6.07) is 7.38. The van der Waals surface area contributed by atoms with Crippen LogP contribution in [0.15, 0.2) is 36.4 Å². The van der Waals surface area contributed by atoms with E-state index in [9.17, 15) is 19.3 Å². The van der Waals surface area contributed by atoms with Crippen LogP contribution in [-0.4, -0.2) is 24.0 Å². The van der Waals surface area contributed by atoms with Gasteiger partial charge in [-0.25, -0.2) is 4.39 Å². The number of anilines is 1. The van der Waals surface area contributed by atoms with Crippen LogP contribution in [0, 0.1) is 15.9 Å². The summed E-state index contributed by atoms with van der Waals surface area (Å²) in [4.78, 5) is 22.7. The molecule has 2 aromatic carbocycles. The van der Waals surface area contributed by atoms with Crippen molar-refractivity contribution in [2.45, 2.75) is 0 Å². The quantitative estimate of drug-likeness (QED) is 0.694. The molecule has 0 atom stereocenters. The van der Waals surface area contributed by atoms with Crippen molar-refractivity contribution in [2.24, 2.45) is 0 Å². The van der Waals surface area contributed by atoms with E-state index in [1.165, 1.54) is 24.3 Å². The SMILES string of the molecule is O=C(Nc1cc2c(cc1[N+](=O)[O-])OCCO2)c1ccc(F)cc1. The molecule has 23 heavy (non-hydrogen) atoms. The van der Waals surface area contributed by atoms with Gasteiger partial charge in [0, 0.05) is 11.6 Å². The summed E-state index contributed by atoms with van der Waals surface area (Å²) in [6.07, 6.45) is 0. The Morgan fingerprint density at radius 1 is 1.13 bits per heavy atom. The molecule has 1 amide bonds. The normalized spacial score (nSPS) is 12.6. The summed E-state index contributed by atoms with van der Waals surface area (Å²) in [7, 11) is 0. The van der Waals surface area contributed by atoms with E-state index >= 15 is 0 Å². The molecular formula is C15H11FN2O5. The zero-order valence-corrected chi connectivity index (χ0v) is 11.7. The molecule has 3 rings (SSSR count). The van der Waals surface area contributed by atoms with E-state index in [4.69, 9.17) is 9.47 Å². The molecule has 118 valence electrons. The van der Waals surface area contributed by atoms with Crippen LogP contribution in [0.3, 0.4) is 0 Å². The first kappa shape index (κ1) is 14.8. The van der Waals surface area contributed by atoms with E-state index in [1.54, 1.807) is 0 Å². The predicted molar refractivity (Wildman–Crippen MR) is 78.4 cm³/mol. The first-order valence-electron chi connectivity index (χ1n) is 6.69. The maximum Gasteiger partial charge on any atom is 0.296 e. The minimum atomic E-state index is -0.626. The maximum absolute atomic E-state index is 12.9. The van der Waals surface area contributed by atoms with Crippen molar-refractivity contribution in [1.82, 2.24) is 0 Å². The largest absolute Gasteiger partial charge is 0.486 e. The zero-order chi connectivity index (χ0) is 16.4. The van der Waals surface area contributed by atoms with Gasteiger partial charge >= 0.3 is 0 Å². The van der Waals surface area contributed by atoms with Crippen molar-refractivity contribution in [2.75, 3.05) is 18.5 Å². The van der Waals surface area contributed by atoms with Gasteiger partial charge in [0.05, 0.1) is 11.0 Å². The Hall–Kier alpha value is -3.16.